The number of amides is 3. The van der Waals surface area contributed by atoms with Crippen LogP contribution in [0.15, 0.2) is 54.0 Å². The van der Waals surface area contributed by atoms with E-state index < -0.39 is 35.3 Å². The molecule has 4 heterocycles. The van der Waals surface area contributed by atoms with Gasteiger partial charge in [-0.1, -0.05) is 45.0 Å². The third kappa shape index (κ3) is 9.72. The van der Waals surface area contributed by atoms with Crippen molar-refractivity contribution in [1.82, 2.24) is 30.7 Å². The molecule has 308 valence electrons. The molecule has 3 amide bonds. The fraction of sp³-hybridized carbons (Fsp3) is 0.452. The number of rotatable bonds is 11. The largest absolute Gasteiger partial charge is 0.507 e. The number of ether oxygens (including phenoxy) is 1. The van der Waals surface area contributed by atoms with E-state index in [-0.39, 0.29) is 72.0 Å². The summed E-state index contributed by atoms with van der Waals surface area (Å²) < 4.78 is 19.6. The van der Waals surface area contributed by atoms with E-state index in [0.717, 1.165) is 27.8 Å². The number of aryl methyl sites for hydroxylation is 1. The van der Waals surface area contributed by atoms with Gasteiger partial charge in [0.15, 0.2) is 5.82 Å². The Morgan fingerprint density at radius 3 is 2.43 bits per heavy atom. The van der Waals surface area contributed by atoms with Crippen LogP contribution in [-0.2, 0) is 19.1 Å². The summed E-state index contributed by atoms with van der Waals surface area (Å²) >= 11 is 1.57. The van der Waals surface area contributed by atoms with Gasteiger partial charge in [-0.15, -0.1) is 21.5 Å². The highest BCUT2D eigenvalue weighted by atomic mass is 32.1. The zero-order valence-corrected chi connectivity index (χ0v) is 34.5. The maximum Gasteiger partial charge on any atom is 0.479 e. The number of nitrogen functional groups attached to an aromatic ring is 1. The average molecular weight is 816 g/mol. The van der Waals surface area contributed by atoms with Crippen LogP contribution in [0, 0.1) is 24.1 Å². The summed E-state index contributed by atoms with van der Waals surface area (Å²) in [7, 11) is 0. The number of anilines is 2. The number of esters is 1. The first-order valence-corrected chi connectivity index (χ1v) is 20.3. The Morgan fingerprint density at radius 2 is 1.79 bits per heavy atom. The Kier molecular flexibility index (Phi) is 12.6. The maximum atomic E-state index is 14.4. The number of phenolic OH excluding ortho intramolecular Hbond substituents is 1. The van der Waals surface area contributed by atoms with Gasteiger partial charge in [0.05, 0.1) is 47.0 Å². The quantitative estimate of drug-likeness (QED) is 0.110. The van der Waals surface area contributed by atoms with Gasteiger partial charge in [-0.25, -0.2) is 9.37 Å². The van der Waals surface area contributed by atoms with Gasteiger partial charge in [0, 0.05) is 31.5 Å². The van der Waals surface area contributed by atoms with Crippen LogP contribution in [0.5, 0.6) is 5.75 Å². The molecule has 2 aliphatic heterocycles. The van der Waals surface area contributed by atoms with E-state index >= 15 is 0 Å². The van der Waals surface area contributed by atoms with Crippen molar-refractivity contribution >= 4 is 46.5 Å². The number of thiazole rings is 1. The number of halogens is 1. The van der Waals surface area contributed by atoms with Gasteiger partial charge >= 0.3 is 5.97 Å². The summed E-state index contributed by atoms with van der Waals surface area (Å²) in [6.07, 6.45) is 1.04. The minimum Gasteiger partial charge on any atom is -0.507 e. The number of aromatic hydroxyl groups is 1. The summed E-state index contributed by atoms with van der Waals surface area (Å²) in [6.45, 7) is 12.0. The summed E-state index contributed by atoms with van der Waals surface area (Å²) in [5, 5.41) is 24.5. The number of benzene rings is 2. The van der Waals surface area contributed by atoms with Gasteiger partial charge in [-0.2, -0.15) is 0 Å². The van der Waals surface area contributed by atoms with E-state index in [4.69, 9.17) is 10.5 Å². The SMILES string of the molecule is CC(=[OH+])O[C@@H]1C[C@@H](C(=O)N[C@@H](C)c2ccc(-c3scnc3C)cc2)N(C(=O)[C@@H](NC(=O)CC2CCN(c3cc(-c4cc(F)ccc4O)nnc3N)CC2)C(C)(C)C)C1. The molecule has 4 aromatic rings. The highest BCUT2D eigenvalue weighted by molar-refractivity contribution is 7.13. The van der Waals surface area contributed by atoms with E-state index in [2.05, 4.69) is 25.8 Å². The number of aromatic nitrogens is 3. The molecule has 0 radical (unpaired) electrons. The molecule has 2 saturated heterocycles. The number of nitrogens with one attached hydrogen (secondary N) is 2. The first kappa shape index (κ1) is 42.0. The Labute approximate surface area is 341 Å². The summed E-state index contributed by atoms with van der Waals surface area (Å²) in [4.78, 5) is 60.9. The van der Waals surface area contributed by atoms with Crippen LogP contribution < -0.4 is 21.3 Å². The van der Waals surface area contributed by atoms with Crippen LogP contribution >= 0.6 is 11.3 Å². The van der Waals surface area contributed by atoms with Gasteiger partial charge < -0.3 is 40.8 Å². The Bertz CT molecular complexity index is 2150. The number of phenols is 1. The molecular formula is C42H52FN8O6S+. The molecule has 2 aromatic carbocycles. The second-order valence-corrected chi connectivity index (χ2v) is 17.1. The fourth-order valence-electron chi connectivity index (χ4n) is 7.68. The smallest absolute Gasteiger partial charge is 0.479 e. The molecule has 2 fully saturated rings. The molecule has 2 aliphatic rings. The zero-order chi connectivity index (χ0) is 41.9. The van der Waals surface area contributed by atoms with Crippen molar-refractivity contribution in [3.63, 3.8) is 0 Å². The number of nitrogens with zero attached hydrogens (tertiary/aromatic N) is 5. The first-order chi connectivity index (χ1) is 27.5. The molecule has 0 bridgehead atoms. The fourth-order valence-corrected chi connectivity index (χ4v) is 8.49. The van der Waals surface area contributed by atoms with Gasteiger partial charge in [0.25, 0.3) is 0 Å². The summed E-state index contributed by atoms with van der Waals surface area (Å²) in [6, 6.07) is 11.0. The van der Waals surface area contributed by atoms with Gasteiger partial charge in [0.2, 0.25) is 23.8 Å². The van der Waals surface area contributed by atoms with Crippen LogP contribution in [0.2, 0.25) is 0 Å². The van der Waals surface area contributed by atoms with Crippen molar-refractivity contribution in [2.45, 2.75) is 91.5 Å². The van der Waals surface area contributed by atoms with Crippen molar-refractivity contribution < 1.29 is 33.4 Å². The molecule has 0 unspecified atom stereocenters. The standard InChI is InChI=1S/C42H51FN8O6S/c1-23(27-7-9-28(10-8-27)37-24(2)45-22-58-37)46-40(55)34-19-30(57-25(3)52)21-51(34)41(56)38(42(4,5)6)47-36(54)17-26-13-15-50(16-14-26)33-20-32(48-49-39(33)44)31-18-29(43)11-12-35(31)53/h7-12,18,20,22-23,26,30,34,38,53H,13-17,19,21H2,1-6H3,(H2,44,49)(H,46,55)(H,47,54)/p+1/t23-,30+,34-,38+/m0/s1. The second kappa shape index (κ2) is 17.5. The van der Waals surface area contributed by atoms with E-state index in [1.165, 1.54) is 24.0 Å². The molecule has 0 aliphatic carbocycles. The van der Waals surface area contributed by atoms with Crippen molar-refractivity contribution in [2.24, 2.45) is 11.3 Å². The predicted octanol–water partition coefficient (Wildman–Crippen LogP) is 5.53. The maximum absolute atomic E-state index is 14.4. The van der Waals surface area contributed by atoms with Crippen LogP contribution in [0.25, 0.3) is 21.7 Å². The molecule has 0 spiro atoms. The van der Waals surface area contributed by atoms with E-state index in [0.29, 0.717) is 31.6 Å². The molecule has 14 nitrogen and oxygen atoms in total. The van der Waals surface area contributed by atoms with Crippen LogP contribution in [0.1, 0.15) is 77.6 Å². The van der Waals surface area contributed by atoms with Crippen LogP contribution in [-0.4, -0.2) is 91.5 Å². The van der Waals surface area contributed by atoms with E-state index in [9.17, 15) is 28.7 Å². The second-order valence-electron chi connectivity index (χ2n) is 16.3. The van der Waals surface area contributed by atoms with Crippen molar-refractivity contribution in [2.75, 3.05) is 30.3 Å². The molecule has 4 atom stereocenters. The third-order valence-corrected chi connectivity index (χ3v) is 11.8. The molecule has 16 heteroatoms. The van der Waals surface area contributed by atoms with E-state index in [1.807, 2.05) is 69.3 Å². The zero-order valence-electron chi connectivity index (χ0n) is 33.7. The van der Waals surface area contributed by atoms with Gasteiger partial charge in [0.1, 0.15) is 23.7 Å². The molecule has 0 saturated carbocycles. The predicted molar refractivity (Wildman–Crippen MR) is 221 cm³/mol. The minimum atomic E-state index is -0.950. The van der Waals surface area contributed by atoms with Crippen LogP contribution in [0.3, 0.4) is 0 Å². The molecule has 2 aromatic heterocycles. The van der Waals surface area contributed by atoms with Crippen molar-refractivity contribution in [3.8, 4) is 27.4 Å². The Hall–Kier alpha value is -5.64. The number of hydrogen-bond acceptors (Lipinski definition) is 11. The molecule has 6 rings (SSSR count). The lowest BCUT2D eigenvalue weighted by Gasteiger charge is -2.36. The summed E-state index contributed by atoms with van der Waals surface area (Å²) in [5.74, 6) is -1.75. The number of hydrogen-bond donors (Lipinski definition) is 4. The number of carbonyl (C=O) groups is 3. The molecule has 6 N–H and O–H groups in total. The minimum absolute atomic E-state index is 0.0161. The number of piperidine rings is 1. The highest BCUT2D eigenvalue weighted by Crippen LogP contribution is 2.35. The Balaban J connectivity index is 1.09. The lowest BCUT2D eigenvalue weighted by atomic mass is 9.85. The third-order valence-electron chi connectivity index (χ3n) is 10.8. The normalized spacial score (nSPS) is 18.4. The topological polar surface area (TPSA) is 197 Å². The Morgan fingerprint density at radius 1 is 1.09 bits per heavy atom. The average Bonchev–Trinajstić information content (AvgIpc) is 3.80. The molecular weight excluding hydrogens is 764 g/mol. The van der Waals surface area contributed by atoms with Crippen LogP contribution in [0.4, 0.5) is 15.9 Å². The monoisotopic (exact) mass is 815 g/mol. The highest BCUT2D eigenvalue weighted by Gasteiger charge is 2.48. The lowest BCUT2D eigenvalue weighted by molar-refractivity contribution is -0.144. The van der Waals surface area contributed by atoms with Crippen molar-refractivity contribution in [1.29, 1.82) is 0 Å². The lowest BCUT2D eigenvalue weighted by Crippen LogP contribution is -2.58. The van der Waals surface area contributed by atoms with Gasteiger partial charge in [-0.05, 0) is 73.4 Å². The number of nitrogens with two attached hydrogens (primary N) is 1. The van der Waals surface area contributed by atoms with Crippen molar-refractivity contribution in [3.05, 3.63) is 71.1 Å². The number of likely N-dealkylation sites (tertiary alicyclic amines) is 1. The first-order valence-electron chi connectivity index (χ1n) is 19.4. The number of carbonyl (C=O) groups excluding carboxylic acids is 4. The van der Waals surface area contributed by atoms with E-state index in [1.54, 1.807) is 17.4 Å². The van der Waals surface area contributed by atoms with Gasteiger partial charge in [-0.3, -0.25) is 14.4 Å². The molecule has 58 heavy (non-hydrogen) atoms. The summed E-state index contributed by atoms with van der Waals surface area (Å²) in [5.41, 5.74) is 11.3.